The fourth-order valence-electron chi connectivity index (χ4n) is 0.936. The fraction of sp³-hybridized carbons (Fsp3) is 0.200. The normalized spacial score (nSPS) is 10.8. The summed E-state index contributed by atoms with van der Waals surface area (Å²) in [5.41, 5.74) is 3.26. The number of rotatable bonds is 4. The Morgan fingerprint density at radius 1 is 1.44 bits per heavy atom. The van der Waals surface area contributed by atoms with Crippen LogP contribution in [0.5, 0.6) is 5.75 Å². The van der Waals surface area contributed by atoms with Gasteiger partial charge in [-0.2, -0.15) is 5.10 Å². The number of nitrogens with zero attached hydrogens (tertiary/aromatic N) is 1. The first-order valence-corrected chi connectivity index (χ1v) is 4.76. The number of hydrazone groups is 1. The molecule has 6 heteroatoms. The Hall–Kier alpha value is -1.75. The molecular formula is C10H11ClN2O3. The number of ether oxygens (including phenoxy) is 2. The van der Waals surface area contributed by atoms with Crippen molar-refractivity contribution >= 4 is 28.4 Å². The number of hydrogen-bond donors (Lipinski definition) is 1. The van der Waals surface area contributed by atoms with E-state index < -0.39 is 5.97 Å². The van der Waals surface area contributed by atoms with Crippen LogP contribution in [0.3, 0.4) is 0 Å². The zero-order chi connectivity index (χ0) is 12.0. The fourth-order valence-corrected chi connectivity index (χ4v) is 1.06. The summed E-state index contributed by atoms with van der Waals surface area (Å²) >= 11 is 5.54. The molecule has 1 rings (SSSR count). The van der Waals surface area contributed by atoms with Crippen LogP contribution in [0.1, 0.15) is 0 Å². The maximum absolute atomic E-state index is 10.9. The zero-order valence-electron chi connectivity index (χ0n) is 8.86. The van der Waals surface area contributed by atoms with Crippen LogP contribution < -0.4 is 10.2 Å². The van der Waals surface area contributed by atoms with Crippen molar-refractivity contribution in [2.45, 2.75) is 0 Å². The summed E-state index contributed by atoms with van der Waals surface area (Å²) in [6.07, 6.45) is 0. The van der Waals surface area contributed by atoms with Gasteiger partial charge in [0.25, 0.3) is 0 Å². The number of esters is 1. The highest BCUT2D eigenvalue weighted by molar-refractivity contribution is 6.82. The molecule has 0 aliphatic rings. The monoisotopic (exact) mass is 242 g/mol. The predicted molar refractivity (Wildman–Crippen MR) is 61.9 cm³/mol. The van der Waals surface area contributed by atoms with Gasteiger partial charge in [0, 0.05) is 6.07 Å². The second-order valence-electron chi connectivity index (χ2n) is 2.74. The molecule has 1 aromatic carbocycles. The lowest BCUT2D eigenvalue weighted by Gasteiger charge is -2.03. The lowest BCUT2D eigenvalue weighted by atomic mass is 10.3. The average molecular weight is 243 g/mol. The number of methoxy groups -OCH3 is 2. The molecule has 0 saturated carbocycles. The van der Waals surface area contributed by atoms with Crippen LogP contribution in [0.15, 0.2) is 29.4 Å². The molecule has 0 saturated heterocycles. The van der Waals surface area contributed by atoms with Crippen molar-refractivity contribution < 1.29 is 14.3 Å². The quantitative estimate of drug-likeness (QED) is 0.497. The van der Waals surface area contributed by atoms with Gasteiger partial charge in [0.1, 0.15) is 5.75 Å². The summed E-state index contributed by atoms with van der Waals surface area (Å²) in [5.74, 6) is -0.0218. The van der Waals surface area contributed by atoms with Gasteiger partial charge in [-0.25, -0.2) is 4.79 Å². The molecule has 0 unspecified atom stereocenters. The lowest BCUT2D eigenvalue weighted by molar-refractivity contribution is -0.132. The maximum Gasteiger partial charge on any atom is 0.370 e. The van der Waals surface area contributed by atoms with Crippen molar-refractivity contribution in [3.8, 4) is 5.75 Å². The van der Waals surface area contributed by atoms with Crippen LogP contribution >= 0.6 is 11.6 Å². The summed E-state index contributed by atoms with van der Waals surface area (Å²) in [7, 11) is 2.79. The first-order valence-electron chi connectivity index (χ1n) is 4.39. The molecule has 0 atom stereocenters. The Bertz CT molecular complexity index is 407. The van der Waals surface area contributed by atoms with Crippen LogP contribution in [0.2, 0.25) is 0 Å². The molecular weight excluding hydrogens is 232 g/mol. The molecule has 5 nitrogen and oxygen atoms in total. The van der Waals surface area contributed by atoms with Gasteiger partial charge >= 0.3 is 5.97 Å². The van der Waals surface area contributed by atoms with E-state index in [0.717, 1.165) is 0 Å². The minimum absolute atomic E-state index is 0.273. The van der Waals surface area contributed by atoms with Gasteiger partial charge in [0.05, 0.1) is 19.9 Å². The number of carbonyl (C=O) groups excluding carboxylic acids is 1. The van der Waals surface area contributed by atoms with E-state index in [-0.39, 0.29) is 5.17 Å². The Morgan fingerprint density at radius 3 is 2.81 bits per heavy atom. The van der Waals surface area contributed by atoms with Gasteiger partial charge in [-0.3, -0.25) is 5.43 Å². The first kappa shape index (κ1) is 12.3. The molecule has 1 aromatic rings. The van der Waals surface area contributed by atoms with E-state index in [2.05, 4.69) is 15.3 Å². The molecule has 0 radical (unpaired) electrons. The van der Waals surface area contributed by atoms with Crippen molar-refractivity contribution in [3.63, 3.8) is 0 Å². The van der Waals surface area contributed by atoms with Crippen molar-refractivity contribution in [2.24, 2.45) is 5.10 Å². The molecule has 0 aromatic heterocycles. The number of halogens is 1. The van der Waals surface area contributed by atoms with Crippen molar-refractivity contribution in [2.75, 3.05) is 19.6 Å². The molecule has 0 heterocycles. The highest BCUT2D eigenvalue weighted by Crippen LogP contribution is 2.16. The van der Waals surface area contributed by atoms with E-state index in [1.54, 1.807) is 31.4 Å². The second-order valence-corrected chi connectivity index (χ2v) is 3.10. The number of nitrogens with one attached hydrogen (secondary N) is 1. The molecule has 0 amide bonds. The number of hydrogen-bond acceptors (Lipinski definition) is 5. The SMILES string of the molecule is COC(=O)/C(Cl)=N/Nc1cccc(OC)c1. The molecule has 1 N–H and O–H groups in total. The van der Waals surface area contributed by atoms with Crippen LogP contribution in [0.4, 0.5) is 5.69 Å². The molecule has 0 aliphatic carbocycles. The third-order valence-corrected chi connectivity index (χ3v) is 1.95. The Balaban J connectivity index is 2.70. The largest absolute Gasteiger partial charge is 0.497 e. The summed E-state index contributed by atoms with van der Waals surface area (Å²) in [5, 5.41) is 3.37. The van der Waals surface area contributed by atoms with Gasteiger partial charge in [0.15, 0.2) is 0 Å². The van der Waals surface area contributed by atoms with E-state index in [4.69, 9.17) is 16.3 Å². The summed E-state index contributed by atoms with van der Waals surface area (Å²) < 4.78 is 9.40. The molecule has 16 heavy (non-hydrogen) atoms. The Kier molecular flexibility index (Phi) is 4.60. The molecule has 86 valence electrons. The standard InChI is InChI=1S/C10H11ClN2O3/c1-15-8-5-3-4-7(6-8)12-13-9(11)10(14)16-2/h3-6,12H,1-2H3/b13-9-. The van der Waals surface area contributed by atoms with E-state index in [0.29, 0.717) is 11.4 Å². The van der Waals surface area contributed by atoms with Gasteiger partial charge in [-0.15, -0.1) is 0 Å². The third-order valence-electron chi connectivity index (χ3n) is 1.71. The topological polar surface area (TPSA) is 59.9 Å². The van der Waals surface area contributed by atoms with Gasteiger partial charge in [-0.05, 0) is 12.1 Å². The minimum atomic E-state index is -0.697. The summed E-state index contributed by atoms with van der Waals surface area (Å²) in [6, 6.07) is 7.04. The highest BCUT2D eigenvalue weighted by atomic mass is 35.5. The number of carbonyl (C=O) groups is 1. The first-order chi connectivity index (χ1) is 7.67. The zero-order valence-corrected chi connectivity index (χ0v) is 9.62. The van der Waals surface area contributed by atoms with E-state index in [1.807, 2.05) is 0 Å². The average Bonchev–Trinajstić information content (AvgIpc) is 2.35. The van der Waals surface area contributed by atoms with Gasteiger partial charge < -0.3 is 9.47 Å². The van der Waals surface area contributed by atoms with E-state index in [9.17, 15) is 4.79 Å². The summed E-state index contributed by atoms with van der Waals surface area (Å²) in [6.45, 7) is 0. The minimum Gasteiger partial charge on any atom is -0.497 e. The van der Waals surface area contributed by atoms with Crippen LogP contribution in [-0.4, -0.2) is 25.4 Å². The smallest absolute Gasteiger partial charge is 0.370 e. The van der Waals surface area contributed by atoms with E-state index >= 15 is 0 Å². The number of benzene rings is 1. The van der Waals surface area contributed by atoms with Crippen LogP contribution in [-0.2, 0) is 9.53 Å². The molecule has 0 bridgehead atoms. The predicted octanol–water partition coefficient (Wildman–Crippen LogP) is 1.83. The Labute approximate surface area is 98.0 Å². The van der Waals surface area contributed by atoms with Crippen LogP contribution in [0.25, 0.3) is 0 Å². The molecule has 0 spiro atoms. The second kappa shape index (κ2) is 5.97. The van der Waals surface area contributed by atoms with Crippen molar-refractivity contribution in [3.05, 3.63) is 24.3 Å². The number of anilines is 1. The molecule has 0 aliphatic heterocycles. The highest BCUT2D eigenvalue weighted by Gasteiger charge is 2.07. The van der Waals surface area contributed by atoms with Crippen molar-refractivity contribution in [1.82, 2.24) is 0 Å². The van der Waals surface area contributed by atoms with Crippen LogP contribution in [0, 0.1) is 0 Å². The lowest BCUT2D eigenvalue weighted by Crippen LogP contribution is -2.11. The van der Waals surface area contributed by atoms with Gasteiger partial charge in [-0.1, -0.05) is 17.7 Å². The Morgan fingerprint density at radius 2 is 2.19 bits per heavy atom. The molecule has 0 fully saturated rings. The maximum atomic E-state index is 10.9. The third kappa shape index (κ3) is 3.43. The summed E-state index contributed by atoms with van der Waals surface area (Å²) in [4.78, 5) is 10.9. The van der Waals surface area contributed by atoms with Gasteiger partial charge in [0.2, 0.25) is 5.17 Å². The van der Waals surface area contributed by atoms with Crippen molar-refractivity contribution in [1.29, 1.82) is 0 Å². The van der Waals surface area contributed by atoms with E-state index in [1.165, 1.54) is 7.11 Å².